The summed E-state index contributed by atoms with van der Waals surface area (Å²) < 4.78 is 0. The van der Waals surface area contributed by atoms with Crippen LogP contribution in [0.25, 0.3) is 0 Å². The van der Waals surface area contributed by atoms with Crippen molar-refractivity contribution in [3.63, 3.8) is 0 Å². The molecule has 0 saturated heterocycles. The lowest BCUT2D eigenvalue weighted by Crippen LogP contribution is -2.29. The minimum atomic E-state index is -0.954. The average molecular weight is 304 g/mol. The number of hydrogen-bond acceptors (Lipinski definition) is 9. The summed E-state index contributed by atoms with van der Waals surface area (Å²) in [7, 11) is 0. The van der Waals surface area contributed by atoms with Gasteiger partial charge in [-0.25, -0.2) is 0 Å². The van der Waals surface area contributed by atoms with Crippen LogP contribution in [0.3, 0.4) is 0 Å². The zero-order valence-electron chi connectivity index (χ0n) is 11.6. The molecule has 0 saturated carbocycles. The lowest BCUT2D eigenvalue weighted by Gasteiger charge is -2.20. The molecule has 0 aliphatic carbocycles. The fourth-order valence-corrected chi connectivity index (χ4v) is 0.265. The Morgan fingerprint density at radius 3 is 0.800 bits per heavy atom. The largest absolute Gasteiger partial charge is 0.396 e. The van der Waals surface area contributed by atoms with E-state index >= 15 is 0 Å². The maximum Gasteiger partial charge on any atom is 0.100 e. The van der Waals surface area contributed by atoms with Gasteiger partial charge in [0.05, 0.1) is 46.2 Å². The van der Waals surface area contributed by atoms with Crippen LogP contribution in [0.5, 0.6) is 0 Å². The quantitative estimate of drug-likeness (QED) is 0.224. The molecule has 0 aromatic carbocycles. The molecule has 0 aromatic rings. The smallest absolute Gasteiger partial charge is 0.100 e. The van der Waals surface area contributed by atoms with Gasteiger partial charge in [0.15, 0.2) is 0 Å². The first-order valence-corrected chi connectivity index (χ1v) is 5.92. The summed E-state index contributed by atoms with van der Waals surface area (Å²) in [5.41, 5.74) is -0.708. The third-order valence-electron chi connectivity index (χ3n) is 1.99. The zero-order valence-corrected chi connectivity index (χ0v) is 11.6. The lowest BCUT2D eigenvalue weighted by atomic mass is 9.95. The average Bonchev–Trinajstić information content (AvgIpc) is 2.53. The van der Waals surface area contributed by atoms with Gasteiger partial charge in [0.25, 0.3) is 0 Å². The Bertz CT molecular complexity index is 149. The second-order valence-electron chi connectivity index (χ2n) is 4.32. The molecule has 0 atom stereocenters. The van der Waals surface area contributed by atoms with Crippen molar-refractivity contribution >= 4 is 0 Å². The Kier molecular flexibility index (Phi) is 20.6. The maximum absolute atomic E-state index is 8.47. The first-order chi connectivity index (χ1) is 9.30. The van der Waals surface area contributed by atoms with E-state index in [1.807, 2.05) is 0 Å². The first kappa shape index (κ1) is 24.6. The summed E-state index contributed by atoms with van der Waals surface area (Å²) in [4.78, 5) is 0. The molecule has 126 valence electrons. The van der Waals surface area contributed by atoms with Crippen LogP contribution < -0.4 is 0 Å². The summed E-state index contributed by atoms with van der Waals surface area (Å²) in [6.45, 7) is -0.396. The van der Waals surface area contributed by atoms with Crippen LogP contribution in [0.15, 0.2) is 0 Å². The summed E-state index contributed by atoms with van der Waals surface area (Å²) >= 11 is 0. The second-order valence-corrected chi connectivity index (χ2v) is 4.32. The predicted molar refractivity (Wildman–Crippen MR) is 69.7 cm³/mol. The molecule has 0 aliphatic heterocycles. The van der Waals surface area contributed by atoms with Gasteiger partial charge in [-0.05, 0) is 0 Å². The van der Waals surface area contributed by atoms with Crippen molar-refractivity contribution < 1.29 is 46.0 Å². The first-order valence-electron chi connectivity index (χ1n) is 5.92. The molecule has 0 fully saturated rings. The highest BCUT2D eigenvalue weighted by Gasteiger charge is 2.20. The Morgan fingerprint density at radius 2 is 0.800 bits per heavy atom. The molecule has 9 N–H and O–H groups in total. The van der Waals surface area contributed by atoms with Crippen molar-refractivity contribution in [2.45, 2.75) is 19.1 Å². The van der Waals surface area contributed by atoms with Crippen LogP contribution in [-0.2, 0) is 0 Å². The monoisotopic (exact) mass is 304 g/mol. The molecule has 9 nitrogen and oxygen atoms in total. The van der Waals surface area contributed by atoms with E-state index in [-0.39, 0.29) is 46.2 Å². The number of hydrogen-bond donors (Lipinski definition) is 9. The van der Waals surface area contributed by atoms with E-state index in [9.17, 15) is 0 Å². The SMILES string of the molecule is CC(CO)(CO)CO.OCC(O)CO.OCC(O)CO. The molecule has 0 bridgehead atoms. The van der Waals surface area contributed by atoms with Gasteiger partial charge in [-0.1, -0.05) is 6.92 Å². The molecule has 9 heteroatoms. The van der Waals surface area contributed by atoms with Gasteiger partial charge in [-0.2, -0.15) is 0 Å². The molecule has 0 heterocycles. The van der Waals surface area contributed by atoms with Crippen LogP contribution in [0.2, 0.25) is 0 Å². The van der Waals surface area contributed by atoms with E-state index < -0.39 is 17.6 Å². The highest BCUT2D eigenvalue weighted by Crippen LogP contribution is 2.10. The van der Waals surface area contributed by atoms with Gasteiger partial charge in [0, 0.05) is 5.41 Å². The molecule has 20 heavy (non-hydrogen) atoms. The van der Waals surface area contributed by atoms with E-state index in [1.165, 1.54) is 0 Å². The maximum atomic E-state index is 8.47. The lowest BCUT2D eigenvalue weighted by molar-refractivity contribution is 0.0200. The summed E-state index contributed by atoms with van der Waals surface area (Å²) in [5, 5.41) is 73.4. The molecule has 0 amide bonds. The van der Waals surface area contributed by atoms with E-state index in [0.717, 1.165) is 0 Å². The fraction of sp³-hybridized carbons (Fsp3) is 1.00. The van der Waals surface area contributed by atoms with Crippen LogP contribution in [0.1, 0.15) is 6.92 Å². The predicted octanol–water partition coefficient (Wildman–Crippen LogP) is -4.37. The zero-order chi connectivity index (χ0) is 16.6. The topological polar surface area (TPSA) is 182 Å². The Morgan fingerprint density at radius 1 is 0.600 bits per heavy atom. The van der Waals surface area contributed by atoms with Crippen molar-refractivity contribution in [2.75, 3.05) is 46.2 Å². The van der Waals surface area contributed by atoms with Crippen molar-refractivity contribution in [1.29, 1.82) is 0 Å². The van der Waals surface area contributed by atoms with Gasteiger partial charge >= 0.3 is 0 Å². The number of aliphatic hydroxyl groups is 9. The molecule has 0 radical (unpaired) electrons. The Hall–Kier alpha value is -0.360. The summed E-state index contributed by atoms with van der Waals surface area (Å²) in [6.07, 6.45) is -1.91. The molecular weight excluding hydrogens is 276 g/mol. The van der Waals surface area contributed by atoms with Crippen LogP contribution in [0.4, 0.5) is 0 Å². The molecule has 0 aliphatic rings. The minimum Gasteiger partial charge on any atom is -0.396 e. The molecule has 0 unspecified atom stereocenters. The van der Waals surface area contributed by atoms with Gasteiger partial charge in [-0.3, -0.25) is 0 Å². The van der Waals surface area contributed by atoms with Crippen LogP contribution >= 0.6 is 0 Å². The van der Waals surface area contributed by atoms with Crippen molar-refractivity contribution in [1.82, 2.24) is 0 Å². The van der Waals surface area contributed by atoms with Gasteiger partial charge in [0.2, 0.25) is 0 Å². The van der Waals surface area contributed by atoms with Gasteiger partial charge < -0.3 is 46.0 Å². The van der Waals surface area contributed by atoms with E-state index in [4.69, 9.17) is 46.0 Å². The molecule has 0 rings (SSSR count). The van der Waals surface area contributed by atoms with Crippen LogP contribution in [0, 0.1) is 5.41 Å². The van der Waals surface area contributed by atoms with Crippen molar-refractivity contribution in [3.05, 3.63) is 0 Å². The standard InChI is InChI=1S/C5H12O3.2C3H8O3/c1-5(2-6,3-7)4-8;2*4-1-3(6)2-5/h6-8H,2-4H2,1H3;2*3-6H,1-2H2. The third kappa shape index (κ3) is 17.6. The fourth-order valence-electron chi connectivity index (χ4n) is 0.265. The molecular formula is C11H28O9. The highest BCUT2D eigenvalue weighted by molar-refractivity contribution is 4.69. The summed E-state index contributed by atoms with van der Waals surface area (Å²) in [5.74, 6) is 0. The van der Waals surface area contributed by atoms with Crippen molar-refractivity contribution in [3.8, 4) is 0 Å². The van der Waals surface area contributed by atoms with E-state index in [0.29, 0.717) is 0 Å². The van der Waals surface area contributed by atoms with Crippen molar-refractivity contribution in [2.24, 2.45) is 5.41 Å². The highest BCUT2D eigenvalue weighted by atomic mass is 16.4. The molecule has 0 spiro atoms. The minimum absolute atomic E-state index is 0.181. The second kappa shape index (κ2) is 16.7. The molecule has 0 aromatic heterocycles. The van der Waals surface area contributed by atoms with Crippen LogP contribution in [-0.4, -0.2) is 104 Å². The third-order valence-corrected chi connectivity index (χ3v) is 1.99. The van der Waals surface area contributed by atoms with E-state index in [2.05, 4.69) is 0 Å². The summed E-state index contributed by atoms with van der Waals surface area (Å²) in [6, 6.07) is 0. The van der Waals surface area contributed by atoms with Gasteiger partial charge in [-0.15, -0.1) is 0 Å². The van der Waals surface area contributed by atoms with E-state index in [1.54, 1.807) is 6.92 Å². The number of aliphatic hydroxyl groups excluding tert-OH is 9. The normalized spacial score (nSPS) is 10.8. The Labute approximate surface area is 118 Å². The Balaban J connectivity index is -0.000000221. The number of rotatable bonds is 7. The van der Waals surface area contributed by atoms with Gasteiger partial charge in [0.1, 0.15) is 12.2 Å².